The summed E-state index contributed by atoms with van der Waals surface area (Å²) in [7, 11) is 0. The van der Waals surface area contributed by atoms with Crippen LogP contribution < -0.4 is 0 Å². The van der Waals surface area contributed by atoms with Gasteiger partial charge < -0.3 is 9.84 Å². The number of aliphatic hydroxyl groups excluding tert-OH is 1. The molecule has 0 amide bonds. The Balaban J connectivity index is 0.00000136. The molecule has 1 saturated heterocycles. The van der Waals surface area contributed by atoms with E-state index in [4.69, 9.17) is 4.74 Å². The van der Waals surface area contributed by atoms with Crippen molar-refractivity contribution >= 4 is 0 Å². The quantitative estimate of drug-likeness (QED) is 0.545. The van der Waals surface area contributed by atoms with E-state index in [1.165, 1.54) is 63.5 Å². The van der Waals surface area contributed by atoms with Crippen LogP contribution in [0.3, 0.4) is 0 Å². The molecule has 5 fully saturated rings. The van der Waals surface area contributed by atoms with Gasteiger partial charge in [0, 0.05) is 21.3 Å². The average Bonchev–Trinajstić information content (AvgIpc) is 3.19. The number of ether oxygens (including phenoxy) is 1. The third-order valence-corrected chi connectivity index (χ3v) is 11.0. The molecule has 1 N–H and O–H groups in total. The molecule has 2 heteroatoms. The van der Waals surface area contributed by atoms with Crippen LogP contribution in [0, 0.1) is 52.3 Å². The SMILES string of the molecule is CC(CO)C/C=C1\OC2C[C@H]3[C@@H]4CC[C@@H]5CCCC[C@]5(C)[C@H]4CC[C@]3(C)C2[C@@H]1C.[HH].[HH]. The second-order valence-corrected chi connectivity index (χ2v) is 12.3. The third kappa shape index (κ3) is 2.98. The van der Waals surface area contributed by atoms with Gasteiger partial charge in [0.15, 0.2) is 0 Å². The molecule has 0 spiro atoms. The van der Waals surface area contributed by atoms with Crippen LogP contribution in [0.15, 0.2) is 11.8 Å². The van der Waals surface area contributed by atoms with Gasteiger partial charge in [-0.1, -0.05) is 40.5 Å². The monoisotopic (exact) mass is 404 g/mol. The van der Waals surface area contributed by atoms with Crippen LogP contribution in [-0.2, 0) is 4.74 Å². The Morgan fingerprint density at radius 2 is 1.93 bits per heavy atom. The van der Waals surface area contributed by atoms with Crippen LogP contribution in [0.1, 0.15) is 94.8 Å². The van der Waals surface area contributed by atoms with Crippen molar-refractivity contribution in [3.8, 4) is 0 Å². The Hall–Kier alpha value is -0.500. The van der Waals surface area contributed by atoms with E-state index in [2.05, 4.69) is 33.8 Å². The molecule has 0 aromatic rings. The average molecular weight is 405 g/mol. The van der Waals surface area contributed by atoms with E-state index in [0.717, 1.165) is 30.1 Å². The zero-order chi connectivity index (χ0) is 20.4. The molecule has 4 aliphatic carbocycles. The zero-order valence-electron chi connectivity index (χ0n) is 19.3. The van der Waals surface area contributed by atoms with E-state index >= 15 is 0 Å². The highest BCUT2D eigenvalue weighted by Gasteiger charge is 2.65. The van der Waals surface area contributed by atoms with Gasteiger partial charge in [-0.3, -0.25) is 0 Å². The van der Waals surface area contributed by atoms with E-state index in [1.807, 2.05) is 0 Å². The molecule has 2 nitrogen and oxygen atoms in total. The largest absolute Gasteiger partial charge is 0.494 e. The van der Waals surface area contributed by atoms with Crippen molar-refractivity contribution in [2.75, 3.05) is 6.61 Å². The maximum absolute atomic E-state index is 9.37. The molecule has 3 unspecified atom stereocenters. The second-order valence-electron chi connectivity index (χ2n) is 12.3. The molecule has 4 saturated carbocycles. The van der Waals surface area contributed by atoms with Crippen molar-refractivity contribution in [3.05, 3.63) is 11.8 Å². The molecule has 1 aliphatic heterocycles. The summed E-state index contributed by atoms with van der Waals surface area (Å²) < 4.78 is 6.64. The Labute approximate surface area is 181 Å². The first-order chi connectivity index (χ1) is 13.9. The first-order valence-corrected chi connectivity index (χ1v) is 12.9. The van der Waals surface area contributed by atoms with Crippen LogP contribution >= 0.6 is 0 Å². The fourth-order valence-corrected chi connectivity index (χ4v) is 9.42. The van der Waals surface area contributed by atoms with E-state index in [9.17, 15) is 5.11 Å². The van der Waals surface area contributed by atoms with Gasteiger partial charge >= 0.3 is 0 Å². The molecule has 168 valence electrons. The summed E-state index contributed by atoms with van der Waals surface area (Å²) in [6, 6.07) is 0. The maximum Gasteiger partial charge on any atom is 0.103 e. The van der Waals surface area contributed by atoms with Crippen molar-refractivity contribution < 1.29 is 12.7 Å². The first kappa shape index (κ1) is 20.4. The summed E-state index contributed by atoms with van der Waals surface area (Å²) in [5.41, 5.74) is 1.11. The van der Waals surface area contributed by atoms with Gasteiger partial charge in [-0.15, -0.1) is 0 Å². The van der Waals surface area contributed by atoms with Crippen LogP contribution in [0.4, 0.5) is 0 Å². The van der Waals surface area contributed by atoms with Gasteiger partial charge in [0.2, 0.25) is 0 Å². The fourth-order valence-electron chi connectivity index (χ4n) is 9.42. The minimum Gasteiger partial charge on any atom is -0.494 e. The number of rotatable bonds is 3. The second kappa shape index (κ2) is 7.28. The molecule has 0 radical (unpaired) electrons. The summed E-state index contributed by atoms with van der Waals surface area (Å²) in [5, 5.41) is 9.37. The van der Waals surface area contributed by atoms with Crippen LogP contribution in [0.5, 0.6) is 0 Å². The molecule has 0 bridgehead atoms. The Morgan fingerprint density at radius 1 is 1.10 bits per heavy atom. The zero-order valence-corrected chi connectivity index (χ0v) is 19.3. The van der Waals surface area contributed by atoms with E-state index in [-0.39, 0.29) is 9.46 Å². The number of hydrogen-bond donors (Lipinski definition) is 1. The predicted octanol–water partition coefficient (Wildman–Crippen LogP) is 7.07. The molecular formula is C27H48O2. The Bertz CT molecular complexity index is 666. The van der Waals surface area contributed by atoms with Crippen LogP contribution in [0.2, 0.25) is 0 Å². The van der Waals surface area contributed by atoms with Gasteiger partial charge in [-0.25, -0.2) is 0 Å². The van der Waals surface area contributed by atoms with Gasteiger partial charge in [0.1, 0.15) is 6.10 Å². The van der Waals surface area contributed by atoms with Gasteiger partial charge in [0.25, 0.3) is 0 Å². The molecule has 0 aromatic heterocycles. The van der Waals surface area contributed by atoms with Gasteiger partial charge in [0.05, 0.1) is 5.76 Å². The lowest BCUT2D eigenvalue weighted by Gasteiger charge is -2.60. The van der Waals surface area contributed by atoms with Crippen molar-refractivity contribution in [1.29, 1.82) is 0 Å². The highest BCUT2D eigenvalue weighted by atomic mass is 16.5. The lowest BCUT2D eigenvalue weighted by Crippen LogP contribution is -2.53. The topological polar surface area (TPSA) is 29.5 Å². The van der Waals surface area contributed by atoms with Crippen LogP contribution in [-0.4, -0.2) is 17.8 Å². The smallest absolute Gasteiger partial charge is 0.103 e. The molecule has 1 heterocycles. The predicted molar refractivity (Wildman–Crippen MR) is 122 cm³/mol. The minimum atomic E-state index is 0. The van der Waals surface area contributed by atoms with Crippen molar-refractivity contribution in [2.45, 2.75) is 98.0 Å². The van der Waals surface area contributed by atoms with E-state index in [1.54, 1.807) is 0 Å². The normalized spacial score (nSPS) is 53.6. The fraction of sp³-hybridized carbons (Fsp3) is 0.926. The number of fused-ring (bicyclic) bond motifs is 7. The number of allylic oxidation sites excluding steroid dienone is 2. The standard InChI is InChI=1S/C27H44O2.2H2/c1-17(16-28)8-11-23-18(2)25-24(29-23)15-22-20-10-9-19-7-5-6-13-26(19,3)21(20)12-14-27(22,25)4;;/h11,17-22,24-25,28H,5-10,12-16H2,1-4H3;2*1H/b23-11-;;/t17?,18-,19+,20-,21+,22+,24?,25?,26+,27+;;/m1../s1. The highest BCUT2D eigenvalue weighted by Crippen LogP contribution is 2.70. The Morgan fingerprint density at radius 3 is 2.72 bits per heavy atom. The number of aliphatic hydroxyl groups is 1. The molecule has 10 atom stereocenters. The lowest BCUT2D eigenvalue weighted by atomic mass is 9.44. The van der Waals surface area contributed by atoms with Gasteiger partial charge in [-0.05, 0) is 97.9 Å². The molecule has 29 heavy (non-hydrogen) atoms. The maximum atomic E-state index is 9.37. The first-order valence-electron chi connectivity index (χ1n) is 12.9. The van der Waals surface area contributed by atoms with E-state index < -0.39 is 0 Å². The summed E-state index contributed by atoms with van der Waals surface area (Å²) in [4.78, 5) is 0. The summed E-state index contributed by atoms with van der Waals surface area (Å²) >= 11 is 0. The number of hydrogen-bond acceptors (Lipinski definition) is 2. The molecular weight excluding hydrogens is 356 g/mol. The summed E-state index contributed by atoms with van der Waals surface area (Å²) in [6.07, 6.45) is 16.9. The van der Waals surface area contributed by atoms with E-state index in [0.29, 0.717) is 34.7 Å². The summed E-state index contributed by atoms with van der Waals surface area (Å²) in [6.45, 7) is 10.2. The molecule has 0 aromatic carbocycles. The lowest BCUT2D eigenvalue weighted by molar-refractivity contribution is -0.112. The van der Waals surface area contributed by atoms with Crippen LogP contribution in [0.25, 0.3) is 0 Å². The van der Waals surface area contributed by atoms with Gasteiger partial charge in [-0.2, -0.15) is 0 Å². The molecule has 5 rings (SSSR count). The molecule has 5 aliphatic rings. The highest BCUT2D eigenvalue weighted by molar-refractivity contribution is 5.19. The van der Waals surface area contributed by atoms with Crippen molar-refractivity contribution in [3.63, 3.8) is 0 Å². The van der Waals surface area contributed by atoms with Crippen molar-refractivity contribution in [2.24, 2.45) is 52.3 Å². The minimum absolute atomic E-state index is 0. The Kier molecular flexibility index (Phi) is 5.12. The summed E-state index contributed by atoms with van der Waals surface area (Å²) in [5.74, 6) is 6.68. The third-order valence-electron chi connectivity index (χ3n) is 11.0. The van der Waals surface area contributed by atoms with Crippen molar-refractivity contribution in [1.82, 2.24) is 0 Å².